The first kappa shape index (κ1) is 16.5. The maximum absolute atomic E-state index is 12.4. The monoisotopic (exact) mass is 317 g/mol. The number of carbonyl (C=O) groups is 3. The quantitative estimate of drug-likeness (QED) is 0.732. The van der Waals surface area contributed by atoms with Crippen LogP contribution >= 0.6 is 0 Å². The van der Waals surface area contributed by atoms with Gasteiger partial charge in [-0.15, -0.1) is 0 Å². The highest BCUT2D eigenvalue weighted by atomic mass is 16.4. The molecule has 23 heavy (non-hydrogen) atoms. The molecule has 1 heterocycles. The Kier molecular flexibility index (Phi) is 5.00. The lowest BCUT2D eigenvalue weighted by Crippen LogP contribution is -2.49. The molecule has 0 aliphatic rings. The van der Waals surface area contributed by atoms with Gasteiger partial charge in [-0.05, 0) is 11.6 Å². The number of carboxylic acid groups (broad SMARTS) is 1. The predicted octanol–water partition coefficient (Wildman–Crippen LogP) is 0.758. The molecular weight excluding hydrogens is 298 g/mol. The Morgan fingerprint density at radius 3 is 2.65 bits per heavy atom. The zero-order chi connectivity index (χ0) is 17.0. The number of carbonyl (C=O) groups excluding carboxylic acids is 2. The van der Waals surface area contributed by atoms with Gasteiger partial charge in [-0.3, -0.25) is 14.4 Å². The second-order valence-corrected chi connectivity index (χ2v) is 5.40. The molecule has 1 unspecified atom stereocenters. The maximum Gasteiger partial charge on any atom is 0.323 e. The summed E-state index contributed by atoms with van der Waals surface area (Å²) in [4.78, 5) is 38.8. The van der Waals surface area contributed by atoms with Crippen LogP contribution in [0.15, 0.2) is 30.5 Å². The van der Waals surface area contributed by atoms with Gasteiger partial charge in [0.25, 0.3) is 0 Å². The molecule has 1 aromatic carbocycles. The van der Waals surface area contributed by atoms with E-state index in [1.165, 1.54) is 14.0 Å². The van der Waals surface area contributed by atoms with Crippen LogP contribution in [0.5, 0.6) is 0 Å². The number of aromatic amines is 1. The molecule has 0 saturated heterocycles. The van der Waals surface area contributed by atoms with Gasteiger partial charge in [0.2, 0.25) is 11.8 Å². The number of amides is 2. The number of likely N-dealkylation sites (N-methyl/N-ethyl adjacent to an activating group) is 1. The van der Waals surface area contributed by atoms with E-state index in [-0.39, 0.29) is 12.3 Å². The summed E-state index contributed by atoms with van der Waals surface area (Å²) in [5.41, 5.74) is 1.83. The average Bonchev–Trinajstić information content (AvgIpc) is 2.88. The third kappa shape index (κ3) is 4.09. The van der Waals surface area contributed by atoms with Gasteiger partial charge in [-0.2, -0.15) is 0 Å². The summed E-state index contributed by atoms with van der Waals surface area (Å²) in [6.07, 6.45) is 2.08. The zero-order valence-corrected chi connectivity index (χ0v) is 13.0. The Bertz CT molecular complexity index is 738. The summed E-state index contributed by atoms with van der Waals surface area (Å²) >= 11 is 0. The highest BCUT2D eigenvalue weighted by Gasteiger charge is 2.25. The first-order valence-electron chi connectivity index (χ1n) is 7.17. The first-order chi connectivity index (χ1) is 10.9. The van der Waals surface area contributed by atoms with E-state index in [1.807, 2.05) is 24.3 Å². The molecule has 2 rings (SSSR count). The summed E-state index contributed by atoms with van der Waals surface area (Å²) < 4.78 is 0. The number of hydrogen-bond donors (Lipinski definition) is 3. The third-order valence-corrected chi connectivity index (χ3v) is 3.52. The number of aliphatic carboxylic acids is 1. The second-order valence-electron chi connectivity index (χ2n) is 5.40. The fourth-order valence-electron chi connectivity index (χ4n) is 2.51. The largest absolute Gasteiger partial charge is 0.480 e. The molecule has 0 fully saturated rings. The van der Waals surface area contributed by atoms with Gasteiger partial charge in [-0.1, -0.05) is 18.2 Å². The fourth-order valence-corrected chi connectivity index (χ4v) is 2.51. The normalized spacial score (nSPS) is 11.9. The minimum absolute atomic E-state index is 0.284. The van der Waals surface area contributed by atoms with Crippen molar-refractivity contribution in [2.75, 3.05) is 13.6 Å². The van der Waals surface area contributed by atoms with Crippen molar-refractivity contribution in [1.29, 1.82) is 0 Å². The summed E-state index contributed by atoms with van der Waals surface area (Å²) in [5.74, 6) is -1.88. The molecule has 0 saturated carbocycles. The minimum Gasteiger partial charge on any atom is -0.480 e. The summed E-state index contributed by atoms with van der Waals surface area (Å²) in [6.45, 7) is 0.912. The van der Waals surface area contributed by atoms with Crippen LogP contribution in [0.4, 0.5) is 0 Å². The number of H-pyrrole nitrogens is 1. The lowest BCUT2D eigenvalue weighted by Gasteiger charge is -2.23. The van der Waals surface area contributed by atoms with Gasteiger partial charge in [0, 0.05) is 37.5 Å². The number of rotatable bonds is 6. The van der Waals surface area contributed by atoms with Crippen molar-refractivity contribution >= 4 is 28.7 Å². The van der Waals surface area contributed by atoms with Gasteiger partial charge in [-0.25, -0.2) is 0 Å². The Labute approximate surface area is 133 Å². The number of benzene rings is 1. The molecule has 0 aliphatic carbocycles. The summed E-state index contributed by atoms with van der Waals surface area (Å²) in [5, 5.41) is 12.4. The van der Waals surface area contributed by atoms with Crippen molar-refractivity contribution in [3.05, 3.63) is 36.0 Å². The van der Waals surface area contributed by atoms with Crippen LogP contribution in [0.1, 0.15) is 12.5 Å². The Morgan fingerprint density at radius 2 is 2.00 bits per heavy atom. The SMILES string of the molecule is CC(=O)NC(Cc1c[nH]c2ccccc12)C(=O)N(C)CC(=O)O. The maximum atomic E-state index is 12.4. The zero-order valence-electron chi connectivity index (χ0n) is 13.0. The summed E-state index contributed by atoms with van der Waals surface area (Å²) in [6, 6.07) is 6.84. The number of aromatic nitrogens is 1. The van der Waals surface area contributed by atoms with E-state index < -0.39 is 24.5 Å². The average molecular weight is 317 g/mol. The van der Waals surface area contributed by atoms with Gasteiger partial charge in [0.1, 0.15) is 12.6 Å². The van der Waals surface area contributed by atoms with E-state index in [0.717, 1.165) is 21.4 Å². The first-order valence-corrected chi connectivity index (χ1v) is 7.17. The molecule has 0 aliphatic heterocycles. The van der Waals surface area contributed by atoms with Crippen molar-refractivity contribution in [3.63, 3.8) is 0 Å². The predicted molar refractivity (Wildman–Crippen MR) is 84.9 cm³/mol. The van der Waals surface area contributed by atoms with E-state index in [9.17, 15) is 14.4 Å². The molecular formula is C16H19N3O4. The van der Waals surface area contributed by atoms with Crippen LogP contribution in [0, 0.1) is 0 Å². The molecule has 2 amide bonds. The van der Waals surface area contributed by atoms with Gasteiger partial charge in [0.05, 0.1) is 0 Å². The van der Waals surface area contributed by atoms with Crippen LogP contribution in [0.2, 0.25) is 0 Å². The van der Waals surface area contributed by atoms with Crippen molar-refractivity contribution < 1.29 is 19.5 Å². The van der Waals surface area contributed by atoms with E-state index in [2.05, 4.69) is 10.3 Å². The van der Waals surface area contributed by atoms with Crippen LogP contribution in [-0.4, -0.2) is 52.4 Å². The van der Waals surface area contributed by atoms with E-state index in [0.29, 0.717) is 0 Å². The van der Waals surface area contributed by atoms with E-state index in [1.54, 1.807) is 6.20 Å². The molecule has 7 nitrogen and oxygen atoms in total. The molecule has 0 bridgehead atoms. The van der Waals surface area contributed by atoms with Gasteiger partial charge >= 0.3 is 5.97 Å². The van der Waals surface area contributed by atoms with Gasteiger partial charge < -0.3 is 20.3 Å². The molecule has 122 valence electrons. The van der Waals surface area contributed by atoms with E-state index >= 15 is 0 Å². The Balaban J connectivity index is 2.23. The number of carboxylic acids is 1. The highest BCUT2D eigenvalue weighted by Crippen LogP contribution is 2.19. The van der Waals surface area contributed by atoms with Crippen LogP contribution < -0.4 is 5.32 Å². The lowest BCUT2D eigenvalue weighted by molar-refractivity contribution is -0.144. The molecule has 0 spiro atoms. The van der Waals surface area contributed by atoms with Crippen molar-refractivity contribution in [2.24, 2.45) is 0 Å². The number of hydrogen-bond acceptors (Lipinski definition) is 3. The van der Waals surface area contributed by atoms with E-state index in [4.69, 9.17) is 5.11 Å². The standard InChI is InChI=1S/C16H19N3O4/c1-10(20)18-14(16(23)19(2)9-15(21)22)7-11-8-17-13-6-4-3-5-12(11)13/h3-6,8,14,17H,7,9H2,1-2H3,(H,18,20)(H,21,22). The van der Waals surface area contributed by atoms with Crippen LogP contribution in [0.3, 0.4) is 0 Å². The van der Waals surface area contributed by atoms with Crippen LogP contribution in [0.25, 0.3) is 10.9 Å². The topological polar surface area (TPSA) is 103 Å². The summed E-state index contributed by atoms with van der Waals surface area (Å²) in [7, 11) is 1.40. The molecule has 0 radical (unpaired) electrons. The Hall–Kier alpha value is -2.83. The molecule has 7 heteroatoms. The molecule has 3 N–H and O–H groups in total. The molecule has 1 aromatic heterocycles. The molecule has 2 aromatic rings. The van der Waals surface area contributed by atoms with Crippen molar-refractivity contribution in [3.8, 4) is 0 Å². The number of nitrogens with one attached hydrogen (secondary N) is 2. The fraction of sp³-hybridized carbons (Fsp3) is 0.312. The number of nitrogens with zero attached hydrogens (tertiary/aromatic N) is 1. The van der Waals surface area contributed by atoms with Gasteiger partial charge in [0.15, 0.2) is 0 Å². The lowest BCUT2D eigenvalue weighted by atomic mass is 10.0. The number of fused-ring (bicyclic) bond motifs is 1. The molecule has 1 atom stereocenters. The Morgan fingerprint density at radius 1 is 1.30 bits per heavy atom. The van der Waals surface area contributed by atoms with Crippen LogP contribution in [-0.2, 0) is 20.8 Å². The minimum atomic E-state index is -1.10. The smallest absolute Gasteiger partial charge is 0.323 e. The third-order valence-electron chi connectivity index (χ3n) is 3.52. The van der Waals surface area contributed by atoms with Crippen molar-refractivity contribution in [1.82, 2.24) is 15.2 Å². The number of para-hydroxylation sites is 1. The van der Waals surface area contributed by atoms with Crippen molar-refractivity contribution in [2.45, 2.75) is 19.4 Å². The highest BCUT2D eigenvalue weighted by molar-refractivity contribution is 5.90. The second kappa shape index (κ2) is 6.95.